The number of rotatable bonds is 5. The molecule has 5 nitrogen and oxygen atoms in total. The van der Waals surface area contributed by atoms with Crippen molar-refractivity contribution in [1.82, 2.24) is 19.6 Å². The van der Waals surface area contributed by atoms with E-state index in [1.54, 1.807) is 7.11 Å². The Balaban J connectivity index is 1.58. The van der Waals surface area contributed by atoms with Gasteiger partial charge in [0.2, 0.25) is 0 Å². The Bertz CT molecular complexity index is 1180. The number of nitrogens with zero attached hydrogens (tertiary/aromatic N) is 4. The van der Waals surface area contributed by atoms with Gasteiger partial charge in [0.05, 0.1) is 29.0 Å². The lowest BCUT2D eigenvalue weighted by Crippen LogP contribution is -2.07. The van der Waals surface area contributed by atoms with Crippen LogP contribution < -0.4 is 4.74 Å². The van der Waals surface area contributed by atoms with Gasteiger partial charge in [-0.15, -0.1) is 21.5 Å². The molecule has 0 saturated heterocycles. The molecular weight excluding hydrogens is 445 g/mol. The molecule has 29 heavy (non-hydrogen) atoms. The molecule has 0 aliphatic rings. The Labute approximate surface area is 176 Å². The van der Waals surface area contributed by atoms with E-state index in [0.717, 1.165) is 34.3 Å². The van der Waals surface area contributed by atoms with Crippen LogP contribution in [0.25, 0.3) is 16.2 Å². The smallest absolute Gasteiger partial charge is 0.417 e. The topological polar surface area (TPSA) is 52.3 Å². The summed E-state index contributed by atoms with van der Waals surface area (Å²) in [7, 11) is 1.60. The van der Waals surface area contributed by atoms with Crippen molar-refractivity contribution < 1.29 is 17.9 Å². The fraction of sp³-hybridized carbons (Fsp3) is 0.167. The lowest BCUT2D eigenvalue weighted by molar-refractivity contribution is -0.137. The van der Waals surface area contributed by atoms with Crippen molar-refractivity contribution in [2.45, 2.75) is 17.1 Å². The number of thioether (sulfide) groups is 1. The summed E-state index contributed by atoms with van der Waals surface area (Å²) in [6.07, 6.45) is -3.56. The van der Waals surface area contributed by atoms with E-state index >= 15 is 0 Å². The number of aromatic nitrogens is 4. The number of ether oxygens (including phenoxy) is 1. The maximum absolute atomic E-state index is 13.1. The first kappa shape index (κ1) is 20.0. The van der Waals surface area contributed by atoms with Crippen LogP contribution in [0.15, 0.2) is 47.1 Å². The van der Waals surface area contributed by atoms with Gasteiger partial charge in [-0.1, -0.05) is 35.5 Å². The van der Waals surface area contributed by atoms with Gasteiger partial charge >= 0.3 is 6.18 Å². The predicted molar refractivity (Wildman–Crippen MR) is 107 cm³/mol. The summed E-state index contributed by atoms with van der Waals surface area (Å²) >= 11 is 8.64. The van der Waals surface area contributed by atoms with Crippen LogP contribution in [-0.4, -0.2) is 26.7 Å². The second-order valence-corrected chi connectivity index (χ2v) is 8.09. The average molecular weight is 457 g/mol. The molecule has 4 aromatic rings. The lowest BCUT2D eigenvalue weighted by atomic mass is 10.2. The molecule has 0 unspecified atom stereocenters. The summed E-state index contributed by atoms with van der Waals surface area (Å²) in [5.74, 6) is 1.14. The highest BCUT2D eigenvalue weighted by molar-refractivity contribution is 7.98. The molecular formula is C18H12ClF3N4OS2. The highest BCUT2D eigenvalue weighted by Crippen LogP contribution is 2.35. The molecule has 1 aromatic carbocycles. The molecule has 0 radical (unpaired) electrons. The summed E-state index contributed by atoms with van der Waals surface area (Å²) in [5.41, 5.74) is 0.973. The van der Waals surface area contributed by atoms with E-state index in [1.165, 1.54) is 27.5 Å². The van der Waals surface area contributed by atoms with Gasteiger partial charge in [0.1, 0.15) is 10.8 Å². The van der Waals surface area contributed by atoms with E-state index < -0.39 is 11.7 Å². The molecule has 0 N–H and O–H groups in total. The van der Waals surface area contributed by atoms with E-state index in [0.29, 0.717) is 10.9 Å². The van der Waals surface area contributed by atoms with Crippen LogP contribution in [0, 0.1) is 0 Å². The number of hydrogen-bond acceptors (Lipinski definition) is 6. The number of pyridine rings is 1. The van der Waals surface area contributed by atoms with Crippen molar-refractivity contribution >= 4 is 40.3 Å². The zero-order valence-electron chi connectivity index (χ0n) is 14.8. The van der Waals surface area contributed by atoms with Crippen molar-refractivity contribution in [3.05, 3.63) is 58.2 Å². The largest absolute Gasteiger partial charge is 0.496 e. The molecule has 0 spiro atoms. The summed E-state index contributed by atoms with van der Waals surface area (Å²) < 4.78 is 45.8. The van der Waals surface area contributed by atoms with Crippen LogP contribution in [0.2, 0.25) is 5.02 Å². The minimum atomic E-state index is -4.51. The molecule has 4 rings (SSSR count). The second kappa shape index (κ2) is 7.85. The Morgan fingerprint density at radius 1 is 1.24 bits per heavy atom. The lowest BCUT2D eigenvalue weighted by Gasteiger charge is -2.08. The third kappa shape index (κ3) is 4.05. The maximum Gasteiger partial charge on any atom is 0.417 e. The van der Waals surface area contributed by atoms with E-state index in [4.69, 9.17) is 16.3 Å². The van der Waals surface area contributed by atoms with Crippen molar-refractivity contribution in [3.63, 3.8) is 0 Å². The van der Waals surface area contributed by atoms with E-state index in [2.05, 4.69) is 15.2 Å². The van der Waals surface area contributed by atoms with Gasteiger partial charge in [-0.3, -0.25) is 4.40 Å². The first-order valence-electron chi connectivity index (χ1n) is 8.19. The summed E-state index contributed by atoms with van der Waals surface area (Å²) in [4.78, 5) is 4.60. The molecule has 150 valence electrons. The van der Waals surface area contributed by atoms with E-state index in [1.807, 2.05) is 29.6 Å². The zero-order valence-corrected chi connectivity index (χ0v) is 17.2. The minimum Gasteiger partial charge on any atom is -0.496 e. The van der Waals surface area contributed by atoms with Gasteiger partial charge in [0.25, 0.3) is 0 Å². The number of para-hydroxylation sites is 1. The van der Waals surface area contributed by atoms with Gasteiger partial charge < -0.3 is 4.74 Å². The van der Waals surface area contributed by atoms with Crippen LogP contribution in [-0.2, 0) is 11.9 Å². The molecule has 0 bridgehead atoms. The number of fused-ring (bicyclic) bond motifs is 1. The molecule has 0 saturated carbocycles. The predicted octanol–water partition coefficient (Wildman–Crippen LogP) is 5.83. The van der Waals surface area contributed by atoms with Gasteiger partial charge in [0.15, 0.2) is 10.8 Å². The average Bonchev–Trinajstić information content (AvgIpc) is 3.32. The fourth-order valence-electron chi connectivity index (χ4n) is 2.64. The molecule has 0 aliphatic carbocycles. The normalized spacial score (nSPS) is 11.9. The van der Waals surface area contributed by atoms with E-state index in [9.17, 15) is 13.2 Å². The summed E-state index contributed by atoms with van der Waals surface area (Å²) in [6, 6.07) is 8.40. The highest BCUT2D eigenvalue weighted by Gasteiger charge is 2.32. The van der Waals surface area contributed by atoms with Crippen LogP contribution in [0.1, 0.15) is 11.3 Å². The monoisotopic (exact) mass is 456 g/mol. The van der Waals surface area contributed by atoms with Crippen LogP contribution in [0.3, 0.4) is 0 Å². The van der Waals surface area contributed by atoms with Crippen LogP contribution in [0.5, 0.6) is 5.75 Å². The highest BCUT2D eigenvalue weighted by atomic mass is 35.5. The molecule has 0 fully saturated rings. The SMILES string of the molecule is COc1ccccc1-c1nc(CSc2nnc3c(Cl)cc(C(F)(F)F)cn23)cs1. The number of halogens is 4. The minimum absolute atomic E-state index is 0.105. The number of alkyl halides is 3. The second-order valence-electron chi connectivity index (χ2n) is 5.88. The first-order chi connectivity index (χ1) is 13.9. The Hall–Kier alpha value is -2.30. The Morgan fingerprint density at radius 2 is 2.03 bits per heavy atom. The molecule has 11 heteroatoms. The zero-order chi connectivity index (χ0) is 20.6. The Kier molecular flexibility index (Phi) is 5.41. The van der Waals surface area contributed by atoms with Crippen molar-refractivity contribution in [3.8, 4) is 16.3 Å². The molecule has 0 amide bonds. The molecule has 3 heterocycles. The van der Waals surface area contributed by atoms with Crippen molar-refractivity contribution in [2.24, 2.45) is 0 Å². The standard InChI is InChI=1S/C18H12ClF3N4OS2/c1-27-14-5-3-2-4-12(14)16-23-11(8-28-16)9-29-17-25-24-15-13(19)6-10(7-26(15)17)18(20,21)22/h2-8H,9H2,1H3. The maximum atomic E-state index is 13.1. The van der Waals surface area contributed by atoms with Crippen molar-refractivity contribution in [2.75, 3.05) is 7.11 Å². The van der Waals surface area contributed by atoms with Crippen LogP contribution in [0.4, 0.5) is 13.2 Å². The number of benzene rings is 1. The Morgan fingerprint density at radius 3 is 2.79 bits per heavy atom. The van der Waals surface area contributed by atoms with E-state index in [-0.39, 0.29) is 10.7 Å². The van der Waals surface area contributed by atoms with Crippen molar-refractivity contribution in [1.29, 1.82) is 0 Å². The third-order valence-corrected chi connectivity index (χ3v) is 6.17. The van der Waals surface area contributed by atoms with Gasteiger partial charge in [-0.05, 0) is 18.2 Å². The summed E-state index contributed by atoms with van der Waals surface area (Å²) in [5, 5.41) is 10.7. The van der Waals surface area contributed by atoms with Gasteiger partial charge in [0, 0.05) is 17.3 Å². The third-order valence-electron chi connectivity index (χ3n) is 3.99. The number of methoxy groups -OCH3 is 1. The number of hydrogen-bond donors (Lipinski definition) is 0. The quantitative estimate of drug-likeness (QED) is 0.354. The fourth-order valence-corrected chi connectivity index (χ4v) is 4.65. The molecule has 0 aliphatic heterocycles. The molecule has 0 atom stereocenters. The summed E-state index contributed by atoms with van der Waals surface area (Å²) in [6.45, 7) is 0. The van der Waals surface area contributed by atoms with Gasteiger partial charge in [-0.25, -0.2) is 4.98 Å². The molecule has 3 aromatic heterocycles. The first-order valence-corrected chi connectivity index (χ1v) is 10.4. The number of thiazole rings is 1. The van der Waals surface area contributed by atoms with Crippen LogP contribution >= 0.6 is 34.7 Å². The van der Waals surface area contributed by atoms with Gasteiger partial charge in [-0.2, -0.15) is 13.2 Å².